The normalized spacial score (nSPS) is 10.4. The zero-order chi connectivity index (χ0) is 11.0. The molecule has 76 valence electrons. The molecule has 0 atom stereocenters. The standard InChI is InChI=1S/C9H5N7/c10-6-7-2-1-5-15(7)9-4-3-8-11-13-14-16(8)12-9/h1-5H. The van der Waals surface area contributed by atoms with Gasteiger partial charge in [-0.2, -0.15) is 5.26 Å². The van der Waals surface area contributed by atoms with Crippen molar-refractivity contribution in [1.29, 1.82) is 5.26 Å². The summed E-state index contributed by atoms with van der Waals surface area (Å²) in [5.74, 6) is 0.598. The maximum absolute atomic E-state index is 8.90. The summed E-state index contributed by atoms with van der Waals surface area (Å²) in [4.78, 5) is 0. The van der Waals surface area contributed by atoms with Crippen LogP contribution < -0.4 is 0 Å². The number of hydrogen-bond acceptors (Lipinski definition) is 5. The lowest BCUT2D eigenvalue weighted by Crippen LogP contribution is -2.03. The Hall–Kier alpha value is -2.75. The molecule has 3 aromatic heterocycles. The highest BCUT2D eigenvalue weighted by molar-refractivity contribution is 5.39. The van der Waals surface area contributed by atoms with Crippen LogP contribution in [0, 0.1) is 11.3 Å². The highest BCUT2D eigenvalue weighted by atomic mass is 15.6. The van der Waals surface area contributed by atoms with E-state index in [9.17, 15) is 0 Å². The van der Waals surface area contributed by atoms with Gasteiger partial charge in [-0.1, -0.05) is 0 Å². The minimum absolute atomic E-state index is 0.514. The van der Waals surface area contributed by atoms with Crippen LogP contribution in [0.4, 0.5) is 0 Å². The first-order chi connectivity index (χ1) is 7.88. The third kappa shape index (κ3) is 1.14. The highest BCUT2D eigenvalue weighted by Gasteiger charge is 2.05. The second kappa shape index (κ2) is 3.13. The molecule has 0 radical (unpaired) electrons. The Morgan fingerprint density at radius 2 is 2.19 bits per heavy atom. The molecule has 0 saturated carbocycles. The minimum Gasteiger partial charge on any atom is -0.291 e. The fourth-order valence-corrected chi connectivity index (χ4v) is 1.44. The summed E-state index contributed by atoms with van der Waals surface area (Å²) in [6.45, 7) is 0. The first-order valence-corrected chi connectivity index (χ1v) is 4.52. The second-order valence-electron chi connectivity index (χ2n) is 3.09. The Morgan fingerprint density at radius 1 is 1.25 bits per heavy atom. The molecule has 0 saturated heterocycles. The number of hydrogen-bond donors (Lipinski definition) is 0. The number of rotatable bonds is 1. The molecular formula is C9H5N7. The first-order valence-electron chi connectivity index (χ1n) is 4.52. The van der Waals surface area contributed by atoms with Gasteiger partial charge in [0.25, 0.3) is 0 Å². The van der Waals surface area contributed by atoms with Gasteiger partial charge in [-0.25, -0.2) is 0 Å². The molecule has 0 spiro atoms. The Balaban J connectivity index is 2.22. The van der Waals surface area contributed by atoms with E-state index in [1.807, 2.05) is 0 Å². The molecule has 0 unspecified atom stereocenters. The van der Waals surface area contributed by atoms with E-state index in [-0.39, 0.29) is 0 Å². The zero-order valence-corrected chi connectivity index (χ0v) is 8.02. The molecule has 0 aliphatic carbocycles. The molecule has 3 rings (SSSR count). The summed E-state index contributed by atoms with van der Waals surface area (Å²) in [5.41, 5.74) is 1.08. The summed E-state index contributed by atoms with van der Waals surface area (Å²) in [5, 5.41) is 24.0. The summed E-state index contributed by atoms with van der Waals surface area (Å²) in [6, 6.07) is 9.07. The van der Waals surface area contributed by atoms with Gasteiger partial charge in [0.1, 0.15) is 11.8 Å². The van der Waals surface area contributed by atoms with Crippen molar-refractivity contribution in [3.8, 4) is 11.9 Å². The molecule has 7 nitrogen and oxygen atoms in total. The van der Waals surface area contributed by atoms with Gasteiger partial charge in [-0.3, -0.25) is 4.57 Å². The van der Waals surface area contributed by atoms with E-state index in [2.05, 4.69) is 26.7 Å². The SMILES string of the molecule is N#Cc1cccn1-c1ccc2nnnn2n1. The third-order valence-corrected chi connectivity index (χ3v) is 2.17. The lowest BCUT2D eigenvalue weighted by atomic mass is 10.4. The number of aromatic nitrogens is 6. The van der Waals surface area contributed by atoms with E-state index in [1.54, 1.807) is 35.0 Å². The van der Waals surface area contributed by atoms with Gasteiger partial charge in [0.05, 0.1) is 0 Å². The lowest BCUT2D eigenvalue weighted by Gasteiger charge is -2.02. The van der Waals surface area contributed by atoms with Crippen molar-refractivity contribution in [3.05, 3.63) is 36.2 Å². The van der Waals surface area contributed by atoms with E-state index in [1.165, 1.54) is 4.63 Å². The fourth-order valence-electron chi connectivity index (χ4n) is 1.44. The van der Waals surface area contributed by atoms with Gasteiger partial charge in [0, 0.05) is 6.20 Å². The van der Waals surface area contributed by atoms with Gasteiger partial charge in [-0.05, 0) is 34.7 Å². The van der Waals surface area contributed by atoms with Crippen LogP contribution in [-0.2, 0) is 0 Å². The predicted molar refractivity (Wildman–Crippen MR) is 52.6 cm³/mol. The van der Waals surface area contributed by atoms with Crippen molar-refractivity contribution in [2.24, 2.45) is 0 Å². The van der Waals surface area contributed by atoms with Gasteiger partial charge in [0.2, 0.25) is 0 Å². The molecule has 7 heteroatoms. The number of nitrogens with zero attached hydrogens (tertiary/aromatic N) is 7. The van der Waals surface area contributed by atoms with Gasteiger partial charge in [0.15, 0.2) is 11.5 Å². The van der Waals surface area contributed by atoms with Crippen LogP contribution in [-0.4, -0.2) is 29.8 Å². The van der Waals surface area contributed by atoms with E-state index < -0.39 is 0 Å². The molecule has 3 heterocycles. The predicted octanol–water partition coefficient (Wildman–Crippen LogP) is 0.182. The average Bonchev–Trinajstić information content (AvgIpc) is 2.96. The van der Waals surface area contributed by atoms with Crippen molar-refractivity contribution in [3.63, 3.8) is 0 Å². The van der Waals surface area contributed by atoms with Crippen LogP contribution in [0.15, 0.2) is 30.5 Å². The Kier molecular flexibility index (Phi) is 1.67. The summed E-state index contributed by atoms with van der Waals surface area (Å²) in [7, 11) is 0. The van der Waals surface area contributed by atoms with Gasteiger partial charge >= 0.3 is 0 Å². The highest BCUT2D eigenvalue weighted by Crippen LogP contribution is 2.09. The molecule has 0 fully saturated rings. The largest absolute Gasteiger partial charge is 0.291 e. The van der Waals surface area contributed by atoms with Crippen LogP contribution in [0.3, 0.4) is 0 Å². The van der Waals surface area contributed by atoms with Gasteiger partial charge < -0.3 is 0 Å². The first kappa shape index (κ1) is 8.55. The topological polar surface area (TPSA) is 84.7 Å². The van der Waals surface area contributed by atoms with Crippen molar-refractivity contribution in [1.82, 2.24) is 29.8 Å². The van der Waals surface area contributed by atoms with E-state index in [0.29, 0.717) is 17.2 Å². The van der Waals surface area contributed by atoms with Crippen molar-refractivity contribution >= 4 is 5.65 Å². The van der Waals surface area contributed by atoms with E-state index in [0.717, 1.165) is 0 Å². The quantitative estimate of drug-likeness (QED) is 0.573. The Bertz CT molecular complexity index is 687. The summed E-state index contributed by atoms with van der Waals surface area (Å²) < 4.78 is 2.98. The van der Waals surface area contributed by atoms with Gasteiger partial charge in [-0.15, -0.1) is 14.8 Å². The smallest absolute Gasteiger partial charge is 0.200 e. The van der Waals surface area contributed by atoms with Crippen LogP contribution in [0.1, 0.15) is 5.69 Å². The Labute approximate surface area is 89.5 Å². The van der Waals surface area contributed by atoms with Crippen molar-refractivity contribution < 1.29 is 0 Å². The monoisotopic (exact) mass is 211 g/mol. The van der Waals surface area contributed by atoms with E-state index >= 15 is 0 Å². The molecule has 0 bridgehead atoms. The van der Waals surface area contributed by atoms with E-state index in [4.69, 9.17) is 5.26 Å². The lowest BCUT2D eigenvalue weighted by molar-refractivity contribution is 0.717. The molecule has 0 N–H and O–H groups in total. The number of tetrazole rings is 1. The van der Waals surface area contributed by atoms with Crippen LogP contribution in [0.25, 0.3) is 11.5 Å². The van der Waals surface area contributed by atoms with Crippen molar-refractivity contribution in [2.75, 3.05) is 0 Å². The molecule has 16 heavy (non-hydrogen) atoms. The molecule has 3 aromatic rings. The van der Waals surface area contributed by atoms with Crippen LogP contribution in [0.5, 0.6) is 0 Å². The number of fused-ring (bicyclic) bond motifs is 1. The fraction of sp³-hybridized carbons (Fsp3) is 0. The summed E-state index contributed by atoms with van der Waals surface area (Å²) in [6.07, 6.45) is 1.76. The molecule has 0 aliphatic heterocycles. The summed E-state index contributed by atoms with van der Waals surface area (Å²) >= 11 is 0. The third-order valence-electron chi connectivity index (χ3n) is 2.17. The zero-order valence-electron chi connectivity index (χ0n) is 8.02. The molecular weight excluding hydrogens is 206 g/mol. The second-order valence-corrected chi connectivity index (χ2v) is 3.09. The van der Waals surface area contributed by atoms with Crippen LogP contribution >= 0.6 is 0 Å². The van der Waals surface area contributed by atoms with Crippen LogP contribution in [0.2, 0.25) is 0 Å². The molecule has 0 aliphatic rings. The Morgan fingerprint density at radius 3 is 3.06 bits per heavy atom. The average molecular weight is 211 g/mol. The molecule has 0 aromatic carbocycles. The minimum atomic E-state index is 0.514. The van der Waals surface area contributed by atoms with Crippen molar-refractivity contribution in [2.45, 2.75) is 0 Å². The maximum atomic E-state index is 8.90. The molecule has 0 amide bonds. The maximum Gasteiger partial charge on any atom is 0.200 e. The number of nitriles is 1.